The third-order valence-corrected chi connectivity index (χ3v) is 2.38. The fourth-order valence-corrected chi connectivity index (χ4v) is 1.42. The molecule has 19 heavy (non-hydrogen) atoms. The van der Waals surface area contributed by atoms with Crippen LogP contribution >= 0.6 is 24.8 Å². The Morgan fingerprint density at radius 1 is 1.05 bits per heavy atom. The van der Waals surface area contributed by atoms with Crippen molar-refractivity contribution in [3.05, 3.63) is 59.9 Å². The monoisotopic (exact) mass is 299 g/mol. The van der Waals surface area contributed by atoms with E-state index >= 15 is 0 Å². The number of nitrogens with one attached hydrogen (secondary N) is 1. The lowest BCUT2D eigenvalue weighted by molar-refractivity contribution is 0.0951. The second-order valence-corrected chi connectivity index (χ2v) is 3.66. The molecule has 0 saturated carbocycles. The van der Waals surface area contributed by atoms with Crippen molar-refractivity contribution < 1.29 is 4.79 Å². The van der Waals surface area contributed by atoms with Crippen molar-refractivity contribution in [2.24, 2.45) is 0 Å². The minimum absolute atomic E-state index is 0. The molecule has 0 aliphatic heterocycles. The standard InChI is InChI=1S/C13H13N3O.2ClH/c14-12-3-1-11(2-4-12)13(17)16-9-10-5-7-15-8-6-10;;/h1-8H,9,14H2,(H,16,17);2*1H. The van der Waals surface area contributed by atoms with Gasteiger partial charge < -0.3 is 11.1 Å². The van der Waals surface area contributed by atoms with E-state index in [0.717, 1.165) is 5.56 Å². The van der Waals surface area contributed by atoms with Crippen molar-refractivity contribution in [1.82, 2.24) is 10.3 Å². The van der Waals surface area contributed by atoms with E-state index in [-0.39, 0.29) is 30.7 Å². The maximum absolute atomic E-state index is 11.8. The third kappa shape index (κ3) is 5.16. The van der Waals surface area contributed by atoms with Crippen LogP contribution in [0.2, 0.25) is 0 Å². The molecule has 0 bridgehead atoms. The molecule has 1 aromatic heterocycles. The maximum atomic E-state index is 11.8. The molecule has 0 radical (unpaired) electrons. The molecule has 0 spiro atoms. The zero-order valence-corrected chi connectivity index (χ0v) is 11.7. The number of hydrogen-bond donors (Lipinski definition) is 2. The molecule has 6 heteroatoms. The molecular formula is C13H15Cl2N3O. The lowest BCUT2D eigenvalue weighted by Crippen LogP contribution is -2.22. The Morgan fingerprint density at radius 2 is 1.63 bits per heavy atom. The summed E-state index contributed by atoms with van der Waals surface area (Å²) in [5.74, 6) is -0.109. The molecule has 0 aliphatic rings. The molecule has 4 nitrogen and oxygen atoms in total. The summed E-state index contributed by atoms with van der Waals surface area (Å²) in [5, 5.41) is 2.83. The number of hydrogen-bond acceptors (Lipinski definition) is 3. The lowest BCUT2D eigenvalue weighted by Gasteiger charge is -2.05. The first-order valence-electron chi connectivity index (χ1n) is 5.28. The highest BCUT2D eigenvalue weighted by atomic mass is 35.5. The van der Waals surface area contributed by atoms with Gasteiger partial charge in [0.25, 0.3) is 5.91 Å². The van der Waals surface area contributed by atoms with E-state index in [4.69, 9.17) is 5.73 Å². The van der Waals surface area contributed by atoms with Crippen molar-refractivity contribution in [3.63, 3.8) is 0 Å². The van der Waals surface area contributed by atoms with Gasteiger partial charge in [-0.3, -0.25) is 9.78 Å². The van der Waals surface area contributed by atoms with Crippen molar-refractivity contribution >= 4 is 36.4 Å². The number of benzene rings is 1. The molecule has 3 N–H and O–H groups in total. The van der Waals surface area contributed by atoms with Gasteiger partial charge in [0.15, 0.2) is 0 Å². The Kier molecular flexibility index (Phi) is 7.56. The van der Waals surface area contributed by atoms with Gasteiger partial charge in [-0.2, -0.15) is 0 Å². The number of halogens is 2. The van der Waals surface area contributed by atoms with Gasteiger partial charge in [-0.05, 0) is 42.0 Å². The van der Waals surface area contributed by atoms with E-state index in [1.54, 1.807) is 36.7 Å². The summed E-state index contributed by atoms with van der Waals surface area (Å²) in [7, 11) is 0. The van der Waals surface area contributed by atoms with Gasteiger partial charge in [-0.1, -0.05) is 0 Å². The first kappa shape index (κ1) is 17.2. The lowest BCUT2D eigenvalue weighted by atomic mass is 10.2. The topological polar surface area (TPSA) is 68.0 Å². The SMILES string of the molecule is Cl.Cl.Nc1ccc(C(=O)NCc2ccncc2)cc1. The van der Waals surface area contributed by atoms with Crippen LogP contribution < -0.4 is 11.1 Å². The van der Waals surface area contributed by atoms with Gasteiger partial charge >= 0.3 is 0 Å². The van der Waals surface area contributed by atoms with E-state index in [0.29, 0.717) is 17.8 Å². The average Bonchev–Trinajstić information content (AvgIpc) is 2.38. The third-order valence-electron chi connectivity index (χ3n) is 2.38. The number of carbonyl (C=O) groups excluding carboxylic acids is 1. The van der Waals surface area contributed by atoms with Crippen molar-refractivity contribution in [1.29, 1.82) is 0 Å². The summed E-state index contributed by atoms with van der Waals surface area (Å²) in [6.07, 6.45) is 3.40. The molecule has 0 unspecified atom stereocenters. The van der Waals surface area contributed by atoms with Gasteiger partial charge in [-0.15, -0.1) is 24.8 Å². The summed E-state index contributed by atoms with van der Waals surface area (Å²) in [4.78, 5) is 15.7. The Hall–Kier alpha value is -1.78. The van der Waals surface area contributed by atoms with Crippen LogP contribution in [0.1, 0.15) is 15.9 Å². The van der Waals surface area contributed by atoms with Gasteiger partial charge in [-0.25, -0.2) is 0 Å². The molecule has 0 saturated heterocycles. The predicted octanol–water partition coefficient (Wildman–Crippen LogP) is 2.44. The van der Waals surface area contributed by atoms with Crippen LogP contribution in [0, 0.1) is 0 Å². The highest BCUT2D eigenvalue weighted by Gasteiger charge is 2.04. The minimum Gasteiger partial charge on any atom is -0.399 e. The maximum Gasteiger partial charge on any atom is 0.251 e. The summed E-state index contributed by atoms with van der Waals surface area (Å²) < 4.78 is 0. The number of rotatable bonds is 3. The van der Waals surface area contributed by atoms with E-state index in [9.17, 15) is 4.79 Å². The largest absolute Gasteiger partial charge is 0.399 e. The van der Waals surface area contributed by atoms with Gasteiger partial charge in [0.05, 0.1) is 0 Å². The number of nitrogens with two attached hydrogens (primary N) is 1. The summed E-state index contributed by atoms with van der Waals surface area (Å²) in [6.45, 7) is 0.492. The van der Waals surface area contributed by atoms with Crippen LogP contribution in [0.5, 0.6) is 0 Å². The van der Waals surface area contributed by atoms with Crippen molar-refractivity contribution in [2.45, 2.75) is 6.54 Å². The van der Waals surface area contributed by atoms with E-state index in [1.165, 1.54) is 0 Å². The zero-order valence-electron chi connectivity index (χ0n) is 10.1. The number of carbonyl (C=O) groups is 1. The number of anilines is 1. The average molecular weight is 300 g/mol. The first-order valence-corrected chi connectivity index (χ1v) is 5.28. The molecule has 2 aromatic rings. The molecular weight excluding hydrogens is 285 g/mol. The summed E-state index contributed by atoms with van der Waals surface area (Å²) in [6, 6.07) is 10.6. The summed E-state index contributed by atoms with van der Waals surface area (Å²) >= 11 is 0. The zero-order chi connectivity index (χ0) is 12.1. The van der Waals surface area contributed by atoms with Crippen LogP contribution in [0.25, 0.3) is 0 Å². The molecule has 1 aromatic carbocycles. The van der Waals surface area contributed by atoms with Gasteiger partial charge in [0, 0.05) is 30.2 Å². The molecule has 0 aliphatic carbocycles. The smallest absolute Gasteiger partial charge is 0.251 e. The van der Waals surface area contributed by atoms with E-state index in [2.05, 4.69) is 10.3 Å². The summed E-state index contributed by atoms with van der Waals surface area (Å²) in [5.41, 5.74) is 7.82. The molecule has 1 amide bonds. The number of nitrogen functional groups attached to an aromatic ring is 1. The molecule has 0 atom stereocenters. The normalized spacial score (nSPS) is 8.84. The first-order chi connectivity index (χ1) is 8.25. The van der Waals surface area contributed by atoms with Crippen LogP contribution in [0.3, 0.4) is 0 Å². The number of pyridine rings is 1. The Bertz CT molecular complexity index is 503. The Balaban J connectivity index is 0.00000162. The molecule has 0 fully saturated rings. The van der Waals surface area contributed by atoms with E-state index < -0.39 is 0 Å². The molecule has 1 heterocycles. The van der Waals surface area contributed by atoms with Crippen LogP contribution in [0.15, 0.2) is 48.8 Å². The molecule has 102 valence electrons. The Labute approximate surface area is 124 Å². The molecule has 2 rings (SSSR count). The predicted molar refractivity (Wildman–Crippen MR) is 80.8 cm³/mol. The number of aromatic nitrogens is 1. The van der Waals surface area contributed by atoms with E-state index in [1.807, 2.05) is 12.1 Å². The van der Waals surface area contributed by atoms with Crippen LogP contribution in [-0.2, 0) is 6.54 Å². The fraction of sp³-hybridized carbons (Fsp3) is 0.0769. The van der Waals surface area contributed by atoms with Crippen molar-refractivity contribution in [2.75, 3.05) is 5.73 Å². The highest BCUT2D eigenvalue weighted by Crippen LogP contribution is 2.05. The Morgan fingerprint density at radius 3 is 2.21 bits per heavy atom. The minimum atomic E-state index is -0.109. The van der Waals surface area contributed by atoms with Gasteiger partial charge in [0.2, 0.25) is 0 Å². The number of nitrogens with zero attached hydrogens (tertiary/aromatic N) is 1. The van der Waals surface area contributed by atoms with Crippen molar-refractivity contribution in [3.8, 4) is 0 Å². The number of amides is 1. The van der Waals surface area contributed by atoms with Crippen LogP contribution in [-0.4, -0.2) is 10.9 Å². The van der Waals surface area contributed by atoms with Gasteiger partial charge in [0.1, 0.15) is 0 Å². The second kappa shape index (κ2) is 8.34. The quantitative estimate of drug-likeness (QED) is 0.856. The highest BCUT2D eigenvalue weighted by molar-refractivity contribution is 5.94. The fourth-order valence-electron chi connectivity index (χ4n) is 1.42. The second-order valence-electron chi connectivity index (χ2n) is 3.66. The van der Waals surface area contributed by atoms with Crippen LogP contribution in [0.4, 0.5) is 5.69 Å².